The van der Waals surface area contributed by atoms with E-state index in [1.807, 2.05) is 20.8 Å². The molecule has 0 aromatic heterocycles. The first-order valence-electron chi connectivity index (χ1n) is 10.4. The van der Waals surface area contributed by atoms with Crippen molar-refractivity contribution in [1.82, 2.24) is 0 Å². The van der Waals surface area contributed by atoms with Crippen LogP contribution < -0.4 is 0 Å². The van der Waals surface area contributed by atoms with E-state index in [1.54, 1.807) is 14.0 Å². The Hall–Kier alpha value is -1.71. The van der Waals surface area contributed by atoms with Crippen LogP contribution in [-0.4, -0.2) is 121 Å². The number of rotatable bonds is 7. The zero-order valence-electron chi connectivity index (χ0n) is 20.8. The fraction of sp³-hybridized carbons (Fsp3) is 0.824. The molecule has 2 fully saturated rings. The van der Waals surface area contributed by atoms with E-state index in [9.17, 15) is 9.59 Å². The summed E-state index contributed by atoms with van der Waals surface area (Å²) < 4.78 is 28.0. The number of epoxide rings is 1. The molecule has 2 rings (SSSR count). The highest BCUT2D eigenvalue weighted by molar-refractivity contribution is 7.81. The highest BCUT2D eigenvalue weighted by Crippen LogP contribution is 2.04. The molecule has 0 N–H and O–H groups in total. The summed E-state index contributed by atoms with van der Waals surface area (Å²) in [6.07, 6.45) is -1.41. The quantitative estimate of drug-likeness (QED) is 0.274. The Morgan fingerprint density at radius 1 is 1.12 bits per heavy atom. The summed E-state index contributed by atoms with van der Waals surface area (Å²) in [6, 6.07) is 0. The molecule has 0 bridgehead atoms. The maximum atomic E-state index is 10.9. The van der Waals surface area contributed by atoms with Crippen molar-refractivity contribution < 1.29 is 47.6 Å². The van der Waals surface area contributed by atoms with E-state index in [4.69, 9.17) is 59.5 Å². The molecule has 0 aromatic rings. The molecule has 0 amide bonds. The van der Waals surface area contributed by atoms with Gasteiger partial charge in [-0.25, -0.2) is 9.59 Å². The lowest BCUT2D eigenvalue weighted by Crippen LogP contribution is -2.43. The predicted molar refractivity (Wildman–Crippen MR) is 131 cm³/mol. The minimum Gasteiger partial charge on any atom is -0.434 e. The Bertz CT molecular complexity index is 547. The summed E-state index contributed by atoms with van der Waals surface area (Å²) >= 11 is 0. The zero-order chi connectivity index (χ0) is 27.1. The Labute approximate surface area is 209 Å². The van der Waals surface area contributed by atoms with Gasteiger partial charge in [-0.05, 0) is 26.7 Å². The van der Waals surface area contributed by atoms with E-state index in [0.29, 0.717) is 25.2 Å². The molecule has 17 heteroatoms. The second-order valence-electron chi connectivity index (χ2n) is 7.38. The monoisotopic (exact) mass is 471 g/mol. The van der Waals surface area contributed by atoms with E-state index < -0.39 is 18.7 Å². The fourth-order valence-corrected chi connectivity index (χ4v) is 1.17. The van der Waals surface area contributed by atoms with E-state index in [0.717, 1.165) is 6.61 Å². The van der Waals surface area contributed by atoms with Crippen molar-refractivity contribution in [3.63, 3.8) is 0 Å². The number of carbonyl (C=O) groups is 2. The Morgan fingerprint density at radius 3 is 1.79 bits per heavy atom. The zero-order valence-corrected chi connectivity index (χ0v) is 20.8. The molecule has 2 aliphatic heterocycles. The normalized spacial score (nSPS) is 17.3. The van der Waals surface area contributed by atoms with Crippen LogP contribution in [0.2, 0.25) is 0 Å². The van der Waals surface area contributed by atoms with Crippen LogP contribution in [0.1, 0.15) is 34.6 Å². The van der Waals surface area contributed by atoms with Gasteiger partial charge in [0.05, 0.1) is 25.4 Å². The summed E-state index contributed by atoms with van der Waals surface area (Å²) in [7, 11) is 23.2. The topological polar surface area (TPSA) is 127 Å². The van der Waals surface area contributed by atoms with E-state index in [2.05, 4.69) is 16.4 Å². The maximum absolute atomic E-state index is 10.9. The van der Waals surface area contributed by atoms with Gasteiger partial charge in [-0.2, -0.15) is 9.59 Å². The number of methoxy groups -OCH3 is 1. The molecular weight excluding hydrogens is 440 g/mol. The Balaban J connectivity index is -0.000000388. The third kappa shape index (κ3) is 32.5. The first-order chi connectivity index (χ1) is 15.8. The van der Waals surface area contributed by atoms with Crippen LogP contribution >= 0.6 is 0 Å². The maximum Gasteiger partial charge on any atom is 0.508 e. The van der Waals surface area contributed by atoms with Crippen LogP contribution in [0, 0.1) is 5.92 Å². The fourth-order valence-electron chi connectivity index (χ4n) is 1.17. The molecule has 0 spiro atoms. The molecule has 2 saturated heterocycles. The van der Waals surface area contributed by atoms with E-state index >= 15 is 0 Å². The predicted octanol–water partition coefficient (Wildman–Crippen LogP) is -0.472. The van der Waals surface area contributed by atoms with Crippen molar-refractivity contribution in [3.8, 4) is 0 Å². The summed E-state index contributed by atoms with van der Waals surface area (Å²) in [5.74, 6) is 0.326. The molecule has 179 valence electrons. The van der Waals surface area contributed by atoms with Crippen molar-refractivity contribution in [2.45, 2.75) is 52.9 Å². The van der Waals surface area contributed by atoms with Crippen LogP contribution in [0.4, 0.5) is 9.59 Å². The minimum atomic E-state index is -0.627. The molecule has 3 atom stereocenters. The van der Waals surface area contributed by atoms with E-state index in [-0.39, 0.29) is 31.4 Å². The van der Waals surface area contributed by atoms with E-state index in [1.165, 1.54) is 7.06 Å². The molecule has 0 aliphatic carbocycles. The largest absolute Gasteiger partial charge is 0.508 e. The van der Waals surface area contributed by atoms with Crippen LogP contribution in [0.5, 0.6) is 0 Å². The molecule has 0 saturated carbocycles. The van der Waals surface area contributed by atoms with Gasteiger partial charge in [-0.1, -0.05) is 13.8 Å². The second kappa shape index (κ2) is 24.4. The van der Waals surface area contributed by atoms with Gasteiger partial charge in [0.15, 0.2) is 0 Å². The third-order valence-corrected chi connectivity index (χ3v) is 3.27. The van der Waals surface area contributed by atoms with Crippen molar-refractivity contribution >= 4 is 69.2 Å². The first kappa shape index (κ1) is 36.9. The van der Waals surface area contributed by atoms with Gasteiger partial charge in [-0.3, -0.25) is 0 Å². The Morgan fingerprint density at radius 2 is 1.59 bits per heavy atom. The Kier molecular flexibility index (Phi) is 26.5. The lowest BCUT2D eigenvalue weighted by Gasteiger charge is -2.11. The summed E-state index contributed by atoms with van der Waals surface area (Å²) in [5.41, 5.74) is 0. The molecular formula is C17H30B7O10. The lowest BCUT2D eigenvalue weighted by molar-refractivity contribution is -0.191. The van der Waals surface area contributed by atoms with Crippen LogP contribution in [0.15, 0.2) is 0 Å². The summed E-state index contributed by atoms with van der Waals surface area (Å²) in [6.45, 7) is 11.6. The van der Waals surface area contributed by atoms with Crippen molar-refractivity contribution in [2.75, 3.05) is 33.5 Å². The first-order valence-corrected chi connectivity index (χ1v) is 10.4. The minimum absolute atomic E-state index is 0.0486. The van der Waals surface area contributed by atoms with Crippen molar-refractivity contribution in [3.05, 3.63) is 0 Å². The molecule has 9 radical (unpaired) electrons. The van der Waals surface area contributed by atoms with Crippen molar-refractivity contribution in [1.29, 1.82) is 0 Å². The van der Waals surface area contributed by atoms with Gasteiger partial charge in [0.25, 0.3) is 0 Å². The van der Waals surface area contributed by atoms with Gasteiger partial charge < -0.3 is 28.4 Å². The SMILES string of the molecule is CC1CO1.CC1COC(=O)O1.COC(C)COC(=O)OCC(C)C.O=C=O.[B][B]B([B])B([B])[B]. The van der Waals surface area contributed by atoms with Crippen LogP contribution in [-0.2, 0) is 38.0 Å². The highest BCUT2D eigenvalue weighted by Gasteiger charge is 2.19. The van der Waals surface area contributed by atoms with Gasteiger partial charge in [0, 0.05) is 57.9 Å². The number of hydrogen-bond acceptors (Lipinski definition) is 10. The van der Waals surface area contributed by atoms with Crippen LogP contribution in [0.25, 0.3) is 0 Å². The smallest absolute Gasteiger partial charge is 0.434 e. The number of ether oxygens (including phenoxy) is 6. The van der Waals surface area contributed by atoms with Crippen molar-refractivity contribution in [2.24, 2.45) is 5.92 Å². The van der Waals surface area contributed by atoms with Gasteiger partial charge in [-0.15, -0.1) is 0 Å². The average molecular weight is 470 g/mol. The summed E-state index contributed by atoms with van der Waals surface area (Å²) in [5, 5.41) is 0. The third-order valence-electron chi connectivity index (χ3n) is 3.27. The lowest BCUT2D eigenvalue weighted by atomic mass is 8.76. The van der Waals surface area contributed by atoms with Gasteiger partial charge >= 0.3 is 18.5 Å². The number of hydrogen-bond donors (Lipinski definition) is 0. The highest BCUT2D eigenvalue weighted by atomic mass is 16.8. The standard InChI is InChI=1S/C9H18O4.C4H6O3.C3H6O.CO2.B7/c1-7(2)5-12-9(10)13-6-8(3)11-4;1-3-2-6-4(5)7-3;1-3-2-4-3;2-1-3;1-5-7(4)6(2)3/h7-8H,5-6H2,1-4H3;3H,2H2,1H3;3H,2H2,1H3;;. The van der Waals surface area contributed by atoms with Gasteiger partial charge in [0.2, 0.25) is 0 Å². The molecule has 3 unspecified atom stereocenters. The summed E-state index contributed by atoms with van der Waals surface area (Å²) in [4.78, 5) is 37.1. The second-order valence-corrected chi connectivity index (χ2v) is 7.38. The number of carbonyl (C=O) groups excluding carboxylic acids is 4. The molecule has 34 heavy (non-hydrogen) atoms. The molecule has 10 nitrogen and oxygen atoms in total. The molecule has 2 aliphatic rings. The molecule has 2 heterocycles. The van der Waals surface area contributed by atoms with Gasteiger partial charge in [0.1, 0.15) is 19.3 Å². The number of cyclic esters (lactones) is 2. The van der Waals surface area contributed by atoms with Crippen LogP contribution in [0.3, 0.4) is 0 Å². The average Bonchev–Trinajstić information content (AvgIpc) is 3.47. The molecule has 0 aromatic carbocycles.